The number of aliphatic hydroxyl groups excluding tert-OH is 4. The van der Waals surface area contributed by atoms with Crippen LogP contribution in [0.3, 0.4) is 0 Å². The van der Waals surface area contributed by atoms with E-state index in [2.05, 4.69) is 0 Å². The Morgan fingerprint density at radius 2 is 1.00 bits per heavy atom. The topological polar surface area (TPSA) is 121 Å². The van der Waals surface area contributed by atoms with Crippen LogP contribution >= 0.6 is 0 Å². The Morgan fingerprint density at radius 3 is 1.22 bits per heavy atom. The monoisotopic (exact) mass is 266 g/mol. The van der Waals surface area contributed by atoms with Gasteiger partial charge in [-0.1, -0.05) is 0 Å². The molecule has 6 N–H and O–H groups in total. The second-order valence-corrected chi connectivity index (χ2v) is 5.38. The van der Waals surface area contributed by atoms with Crippen LogP contribution < -0.4 is 0 Å². The molecule has 0 aliphatic rings. The molecule has 4 atom stereocenters. The second kappa shape index (κ2) is 6.79. The number of aliphatic hydroxyl groups is 6. The Labute approximate surface area is 108 Å². The highest BCUT2D eigenvalue weighted by atomic mass is 16.4. The quantitative estimate of drug-likeness (QED) is 0.326. The third kappa shape index (κ3) is 4.79. The van der Waals surface area contributed by atoms with Gasteiger partial charge in [0.1, 0.15) is 11.2 Å². The zero-order valence-corrected chi connectivity index (χ0v) is 11.2. The molecule has 0 bridgehead atoms. The molecule has 0 heterocycles. The molecular formula is C12H26O6. The van der Waals surface area contributed by atoms with E-state index in [-0.39, 0.29) is 19.3 Å². The van der Waals surface area contributed by atoms with E-state index in [4.69, 9.17) is 0 Å². The molecule has 0 aromatic carbocycles. The van der Waals surface area contributed by atoms with Crippen molar-refractivity contribution in [2.45, 2.75) is 69.5 Å². The van der Waals surface area contributed by atoms with E-state index in [1.54, 1.807) is 0 Å². The van der Waals surface area contributed by atoms with E-state index in [0.29, 0.717) is 0 Å². The van der Waals surface area contributed by atoms with Crippen molar-refractivity contribution in [1.29, 1.82) is 0 Å². The van der Waals surface area contributed by atoms with Gasteiger partial charge in [0.05, 0.1) is 24.9 Å². The molecule has 0 radical (unpaired) electrons. The van der Waals surface area contributed by atoms with Crippen LogP contribution in [0, 0.1) is 0 Å². The van der Waals surface area contributed by atoms with Gasteiger partial charge in [0.25, 0.3) is 0 Å². The van der Waals surface area contributed by atoms with Crippen LogP contribution in [0.15, 0.2) is 0 Å². The average molecular weight is 266 g/mol. The lowest BCUT2D eigenvalue weighted by atomic mass is 9.73. The molecule has 0 aromatic rings. The molecule has 0 saturated heterocycles. The first kappa shape index (κ1) is 17.8. The molecule has 0 amide bonds. The van der Waals surface area contributed by atoms with E-state index in [0.717, 1.165) is 0 Å². The lowest BCUT2D eigenvalue weighted by molar-refractivity contribution is -0.207. The van der Waals surface area contributed by atoms with Crippen molar-refractivity contribution < 1.29 is 30.6 Å². The fourth-order valence-electron chi connectivity index (χ4n) is 2.33. The fraction of sp³-hybridized carbons (Fsp3) is 1.00. The molecule has 18 heavy (non-hydrogen) atoms. The highest BCUT2D eigenvalue weighted by Gasteiger charge is 2.50. The predicted molar refractivity (Wildman–Crippen MR) is 65.9 cm³/mol. The maximum atomic E-state index is 10.5. The third-order valence-corrected chi connectivity index (χ3v) is 3.03. The molecule has 0 spiro atoms. The van der Waals surface area contributed by atoms with E-state index in [1.807, 2.05) is 0 Å². The van der Waals surface area contributed by atoms with Gasteiger partial charge >= 0.3 is 0 Å². The van der Waals surface area contributed by atoms with Gasteiger partial charge < -0.3 is 30.6 Å². The van der Waals surface area contributed by atoms with Gasteiger partial charge in [0, 0.05) is 19.3 Å². The van der Waals surface area contributed by atoms with Crippen molar-refractivity contribution in [3.63, 3.8) is 0 Å². The molecule has 0 rings (SSSR count). The largest absolute Gasteiger partial charge is 0.393 e. The minimum absolute atomic E-state index is 0.207. The van der Waals surface area contributed by atoms with Gasteiger partial charge in [-0.2, -0.15) is 0 Å². The molecule has 0 fully saturated rings. The standard InChI is InChI=1S/C12H26O6/c1-8(14)4-11(17,5-9(2)15)12(18,7-13)6-10(3)16/h8-10,13-18H,4-7H2,1-3H3. The first-order chi connectivity index (χ1) is 8.06. The van der Waals surface area contributed by atoms with Crippen LogP contribution in [0.2, 0.25) is 0 Å². The maximum absolute atomic E-state index is 10.5. The highest BCUT2D eigenvalue weighted by molar-refractivity contribution is 5.02. The summed E-state index contributed by atoms with van der Waals surface area (Å²) in [6.07, 6.45) is -3.43. The summed E-state index contributed by atoms with van der Waals surface area (Å²) < 4.78 is 0. The smallest absolute Gasteiger partial charge is 0.119 e. The Kier molecular flexibility index (Phi) is 6.70. The van der Waals surface area contributed by atoms with E-state index < -0.39 is 36.1 Å². The SMILES string of the molecule is CC(O)CC(O)(CO)C(O)(CC(C)O)CC(C)O. The summed E-state index contributed by atoms with van der Waals surface area (Å²) in [7, 11) is 0. The van der Waals surface area contributed by atoms with E-state index >= 15 is 0 Å². The van der Waals surface area contributed by atoms with Crippen molar-refractivity contribution in [2.24, 2.45) is 0 Å². The molecule has 0 aliphatic heterocycles. The molecular weight excluding hydrogens is 240 g/mol. The van der Waals surface area contributed by atoms with Crippen molar-refractivity contribution in [1.82, 2.24) is 0 Å². The Balaban J connectivity index is 5.22. The third-order valence-electron chi connectivity index (χ3n) is 3.03. The van der Waals surface area contributed by atoms with Crippen LogP contribution in [-0.4, -0.2) is 66.8 Å². The predicted octanol–water partition coefficient (Wildman–Crippen LogP) is -1.25. The molecule has 0 aromatic heterocycles. The minimum Gasteiger partial charge on any atom is -0.393 e. The van der Waals surface area contributed by atoms with Crippen LogP contribution in [0.5, 0.6) is 0 Å². The summed E-state index contributed by atoms with van der Waals surface area (Å²) in [6.45, 7) is 3.53. The molecule has 4 unspecified atom stereocenters. The van der Waals surface area contributed by atoms with E-state index in [9.17, 15) is 30.6 Å². The Hall–Kier alpha value is -0.240. The lowest BCUT2D eigenvalue weighted by Gasteiger charge is -2.44. The van der Waals surface area contributed by atoms with Crippen LogP contribution in [-0.2, 0) is 0 Å². The molecule has 6 heteroatoms. The average Bonchev–Trinajstić information content (AvgIpc) is 2.13. The fourth-order valence-corrected chi connectivity index (χ4v) is 2.33. The van der Waals surface area contributed by atoms with E-state index in [1.165, 1.54) is 20.8 Å². The summed E-state index contributed by atoms with van der Waals surface area (Å²) in [5.41, 5.74) is -3.85. The van der Waals surface area contributed by atoms with Gasteiger partial charge in [0.15, 0.2) is 0 Å². The van der Waals surface area contributed by atoms with Crippen LogP contribution in [0.4, 0.5) is 0 Å². The van der Waals surface area contributed by atoms with Gasteiger partial charge in [-0.05, 0) is 20.8 Å². The van der Waals surface area contributed by atoms with Crippen LogP contribution in [0.25, 0.3) is 0 Å². The first-order valence-corrected chi connectivity index (χ1v) is 6.16. The van der Waals surface area contributed by atoms with Crippen molar-refractivity contribution in [2.75, 3.05) is 6.61 Å². The molecule has 0 aliphatic carbocycles. The van der Waals surface area contributed by atoms with Gasteiger partial charge in [-0.3, -0.25) is 0 Å². The number of hydrogen-bond donors (Lipinski definition) is 6. The van der Waals surface area contributed by atoms with Crippen molar-refractivity contribution in [3.05, 3.63) is 0 Å². The lowest BCUT2D eigenvalue weighted by Crippen LogP contribution is -2.60. The van der Waals surface area contributed by atoms with Crippen LogP contribution in [0.1, 0.15) is 40.0 Å². The summed E-state index contributed by atoms with van der Waals surface area (Å²) in [4.78, 5) is 0. The van der Waals surface area contributed by atoms with Crippen molar-refractivity contribution >= 4 is 0 Å². The van der Waals surface area contributed by atoms with Gasteiger partial charge in [-0.15, -0.1) is 0 Å². The first-order valence-electron chi connectivity index (χ1n) is 6.16. The highest BCUT2D eigenvalue weighted by Crippen LogP contribution is 2.35. The molecule has 6 nitrogen and oxygen atoms in total. The minimum atomic E-state index is -1.98. The normalized spacial score (nSPS) is 23.8. The molecule has 0 saturated carbocycles. The maximum Gasteiger partial charge on any atom is 0.119 e. The zero-order chi connectivity index (χ0) is 14.6. The summed E-state index contributed by atoms with van der Waals surface area (Å²) in [6, 6.07) is 0. The number of hydrogen-bond acceptors (Lipinski definition) is 6. The van der Waals surface area contributed by atoms with Gasteiger partial charge in [0.2, 0.25) is 0 Å². The summed E-state index contributed by atoms with van der Waals surface area (Å²) >= 11 is 0. The van der Waals surface area contributed by atoms with Crippen molar-refractivity contribution in [3.8, 4) is 0 Å². The Morgan fingerprint density at radius 1 is 0.722 bits per heavy atom. The summed E-state index contributed by atoms with van der Waals surface area (Å²) in [5, 5.41) is 58.3. The zero-order valence-electron chi connectivity index (χ0n) is 11.2. The van der Waals surface area contributed by atoms with Gasteiger partial charge in [-0.25, -0.2) is 0 Å². The molecule has 110 valence electrons. The summed E-state index contributed by atoms with van der Waals surface area (Å²) in [5.74, 6) is 0. The Bertz CT molecular complexity index is 231. The number of rotatable bonds is 8. The second-order valence-electron chi connectivity index (χ2n) is 5.38.